The molecule has 1 heterocycles. The summed E-state index contributed by atoms with van der Waals surface area (Å²) in [7, 11) is -3.69. The van der Waals surface area contributed by atoms with Crippen LogP contribution in [-0.2, 0) is 10.0 Å². The van der Waals surface area contributed by atoms with E-state index in [9.17, 15) is 8.42 Å². The standard InChI is InChI=1S/C24H19NO4S/c1-16-6-9-18(10-7-16)30(26,27)25-22-12-11-19(20-4-2-3-5-21(20)22)17-8-13-23-24(14-17)29-15-28-23/h2-14,25H,15H2,1H3. The number of anilines is 1. The fourth-order valence-electron chi connectivity index (χ4n) is 3.62. The number of fused-ring (bicyclic) bond motifs is 2. The molecule has 0 radical (unpaired) electrons. The maximum Gasteiger partial charge on any atom is 0.261 e. The first-order valence-electron chi connectivity index (χ1n) is 9.52. The van der Waals surface area contributed by atoms with Gasteiger partial charge in [0.25, 0.3) is 10.0 Å². The minimum absolute atomic E-state index is 0.221. The molecule has 5 rings (SSSR count). The minimum atomic E-state index is -3.69. The number of hydrogen-bond donors (Lipinski definition) is 1. The molecule has 4 aromatic carbocycles. The summed E-state index contributed by atoms with van der Waals surface area (Å²) in [6.45, 7) is 2.14. The van der Waals surface area contributed by atoms with Crippen molar-refractivity contribution in [3.8, 4) is 22.6 Å². The highest BCUT2D eigenvalue weighted by molar-refractivity contribution is 7.92. The highest BCUT2D eigenvalue weighted by Gasteiger charge is 2.18. The van der Waals surface area contributed by atoms with Gasteiger partial charge in [-0.15, -0.1) is 0 Å². The number of aryl methyl sites for hydroxylation is 1. The number of nitrogens with one attached hydrogen (secondary N) is 1. The lowest BCUT2D eigenvalue weighted by molar-refractivity contribution is 0.174. The summed E-state index contributed by atoms with van der Waals surface area (Å²) in [6, 6.07) is 24.1. The molecule has 1 aliphatic rings. The maximum absolute atomic E-state index is 12.9. The van der Waals surface area contributed by atoms with Crippen LogP contribution in [0.3, 0.4) is 0 Å². The molecule has 6 heteroatoms. The van der Waals surface area contributed by atoms with Crippen LogP contribution in [0.2, 0.25) is 0 Å². The predicted molar refractivity (Wildman–Crippen MR) is 117 cm³/mol. The molecule has 0 aromatic heterocycles. The van der Waals surface area contributed by atoms with E-state index in [1.165, 1.54) is 0 Å². The molecule has 0 bridgehead atoms. The van der Waals surface area contributed by atoms with Crippen molar-refractivity contribution in [2.75, 3.05) is 11.5 Å². The van der Waals surface area contributed by atoms with Crippen LogP contribution in [0, 0.1) is 6.92 Å². The van der Waals surface area contributed by atoms with E-state index in [0.29, 0.717) is 11.4 Å². The molecule has 5 nitrogen and oxygen atoms in total. The van der Waals surface area contributed by atoms with Crippen LogP contribution in [0.4, 0.5) is 5.69 Å². The van der Waals surface area contributed by atoms with Gasteiger partial charge in [-0.1, -0.05) is 54.1 Å². The van der Waals surface area contributed by atoms with Crippen LogP contribution in [0.5, 0.6) is 11.5 Å². The molecule has 30 heavy (non-hydrogen) atoms. The number of sulfonamides is 1. The van der Waals surface area contributed by atoms with Gasteiger partial charge in [-0.2, -0.15) is 0 Å². The zero-order valence-corrected chi connectivity index (χ0v) is 17.1. The van der Waals surface area contributed by atoms with Gasteiger partial charge in [-0.25, -0.2) is 8.42 Å². The first-order chi connectivity index (χ1) is 14.5. The van der Waals surface area contributed by atoms with Crippen molar-refractivity contribution in [1.82, 2.24) is 0 Å². The molecule has 0 fully saturated rings. The molecule has 0 atom stereocenters. The highest BCUT2D eigenvalue weighted by Crippen LogP contribution is 2.39. The summed E-state index contributed by atoms with van der Waals surface area (Å²) in [5, 5.41) is 1.77. The molecular formula is C24H19NO4S. The van der Waals surface area contributed by atoms with Crippen LogP contribution in [0.15, 0.2) is 83.8 Å². The van der Waals surface area contributed by atoms with E-state index in [0.717, 1.165) is 33.2 Å². The average Bonchev–Trinajstić information content (AvgIpc) is 3.22. The maximum atomic E-state index is 12.9. The summed E-state index contributed by atoms with van der Waals surface area (Å²) in [6.07, 6.45) is 0. The van der Waals surface area contributed by atoms with E-state index in [1.807, 2.05) is 55.5 Å². The van der Waals surface area contributed by atoms with Crippen molar-refractivity contribution in [2.45, 2.75) is 11.8 Å². The molecule has 0 unspecified atom stereocenters. The van der Waals surface area contributed by atoms with E-state index in [2.05, 4.69) is 4.72 Å². The van der Waals surface area contributed by atoms with Gasteiger partial charge >= 0.3 is 0 Å². The third kappa shape index (κ3) is 3.25. The predicted octanol–water partition coefficient (Wildman–Crippen LogP) is 5.34. The lowest BCUT2D eigenvalue weighted by Crippen LogP contribution is -2.13. The van der Waals surface area contributed by atoms with E-state index in [4.69, 9.17) is 9.47 Å². The van der Waals surface area contributed by atoms with Crippen LogP contribution in [0.1, 0.15) is 5.56 Å². The Morgan fingerprint density at radius 1 is 0.800 bits per heavy atom. The Morgan fingerprint density at radius 3 is 2.33 bits per heavy atom. The first kappa shape index (κ1) is 18.5. The van der Waals surface area contributed by atoms with Gasteiger partial charge in [-0.3, -0.25) is 4.72 Å². The second-order valence-corrected chi connectivity index (χ2v) is 8.88. The molecule has 0 aliphatic carbocycles. The Morgan fingerprint density at radius 2 is 1.53 bits per heavy atom. The van der Waals surface area contributed by atoms with Gasteiger partial charge in [-0.05, 0) is 53.8 Å². The van der Waals surface area contributed by atoms with Gasteiger partial charge in [0.15, 0.2) is 11.5 Å². The molecule has 1 N–H and O–H groups in total. The Balaban J connectivity index is 1.58. The fraction of sp³-hybridized carbons (Fsp3) is 0.0833. The average molecular weight is 417 g/mol. The summed E-state index contributed by atoms with van der Waals surface area (Å²) < 4.78 is 39.4. The van der Waals surface area contributed by atoms with Crippen LogP contribution < -0.4 is 14.2 Å². The molecule has 150 valence electrons. The van der Waals surface area contributed by atoms with Gasteiger partial charge in [0.2, 0.25) is 6.79 Å². The molecule has 4 aromatic rings. The summed E-state index contributed by atoms with van der Waals surface area (Å²) in [5.41, 5.74) is 3.51. The van der Waals surface area contributed by atoms with Crippen molar-refractivity contribution in [3.05, 3.63) is 84.4 Å². The van der Waals surface area contributed by atoms with Gasteiger partial charge in [0.1, 0.15) is 0 Å². The molecule has 1 aliphatic heterocycles. The molecule has 0 amide bonds. The number of ether oxygens (including phenoxy) is 2. The van der Waals surface area contributed by atoms with Crippen molar-refractivity contribution >= 4 is 26.5 Å². The molecule has 0 saturated carbocycles. The van der Waals surface area contributed by atoms with Gasteiger partial charge in [0.05, 0.1) is 10.6 Å². The lowest BCUT2D eigenvalue weighted by Gasteiger charge is -2.14. The summed E-state index contributed by atoms with van der Waals surface area (Å²) in [5.74, 6) is 1.44. The second-order valence-electron chi connectivity index (χ2n) is 7.19. The molecule has 0 spiro atoms. The summed E-state index contributed by atoms with van der Waals surface area (Å²) >= 11 is 0. The van der Waals surface area contributed by atoms with E-state index in [1.54, 1.807) is 30.3 Å². The number of benzene rings is 4. The van der Waals surface area contributed by atoms with Crippen LogP contribution in [0.25, 0.3) is 21.9 Å². The monoisotopic (exact) mass is 417 g/mol. The van der Waals surface area contributed by atoms with Crippen molar-refractivity contribution in [1.29, 1.82) is 0 Å². The third-order valence-corrected chi connectivity index (χ3v) is 6.56. The van der Waals surface area contributed by atoms with Crippen molar-refractivity contribution < 1.29 is 17.9 Å². The zero-order chi connectivity index (χ0) is 20.7. The van der Waals surface area contributed by atoms with E-state index < -0.39 is 10.0 Å². The van der Waals surface area contributed by atoms with Crippen molar-refractivity contribution in [3.63, 3.8) is 0 Å². The second kappa shape index (κ2) is 7.07. The highest BCUT2D eigenvalue weighted by atomic mass is 32.2. The van der Waals surface area contributed by atoms with Crippen molar-refractivity contribution in [2.24, 2.45) is 0 Å². The van der Waals surface area contributed by atoms with Gasteiger partial charge < -0.3 is 9.47 Å². The van der Waals surface area contributed by atoms with E-state index >= 15 is 0 Å². The SMILES string of the molecule is Cc1ccc(S(=O)(=O)Nc2ccc(-c3ccc4c(c3)OCO4)c3ccccc23)cc1. The largest absolute Gasteiger partial charge is 0.454 e. The first-order valence-corrected chi connectivity index (χ1v) is 11.0. The smallest absolute Gasteiger partial charge is 0.261 e. The zero-order valence-electron chi connectivity index (χ0n) is 16.3. The molecule has 0 saturated heterocycles. The van der Waals surface area contributed by atoms with Gasteiger partial charge in [0, 0.05) is 5.39 Å². The topological polar surface area (TPSA) is 64.6 Å². The quantitative estimate of drug-likeness (QED) is 0.486. The normalized spacial score (nSPS) is 12.8. The third-order valence-electron chi connectivity index (χ3n) is 5.18. The van der Waals surface area contributed by atoms with Crippen LogP contribution >= 0.6 is 0 Å². The Labute approximate surface area is 174 Å². The Hall–Kier alpha value is -3.51. The molecular weight excluding hydrogens is 398 g/mol. The minimum Gasteiger partial charge on any atom is -0.454 e. The van der Waals surface area contributed by atoms with Crippen LogP contribution in [-0.4, -0.2) is 15.2 Å². The van der Waals surface area contributed by atoms with E-state index in [-0.39, 0.29) is 11.7 Å². The Bertz CT molecular complexity index is 1360. The fourth-order valence-corrected chi connectivity index (χ4v) is 4.70. The Kier molecular flexibility index (Phi) is 4.37. The lowest BCUT2D eigenvalue weighted by atomic mass is 9.97. The number of hydrogen-bond acceptors (Lipinski definition) is 4. The summed E-state index contributed by atoms with van der Waals surface area (Å²) in [4.78, 5) is 0.233. The number of rotatable bonds is 4.